The third-order valence-corrected chi connectivity index (χ3v) is 8.73. The van der Waals surface area contributed by atoms with Crippen LogP contribution in [-0.4, -0.2) is 37.1 Å². The second-order valence-electron chi connectivity index (χ2n) is 11.2. The number of nitrogens with one attached hydrogen (secondary N) is 2. The van der Waals surface area contributed by atoms with Gasteiger partial charge < -0.3 is 38.2 Å². The predicted octanol–water partition coefficient (Wildman–Crippen LogP) is 2.72. The number of hydrogen-bond acceptors (Lipinski definition) is 5. The van der Waals surface area contributed by atoms with E-state index in [1.54, 1.807) is 24.3 Å². The van der Waals surface area contributed by atoms with Crippen molar-refractivity contribution in [3.8, 4) is 5.75 Å². The summed E-state index contributed by atoms with van der Waals surface area (Å²) in [5, 5.41) is 6.08. The molecule has 0 spiro atoms. The van der Waals surface area contributed by atoms with E-state index < -0.39 is 12.2 Å². The summed E-state index contributed by atoms with van der Waals surface area (Å²) in [6.07, 6.45) is 10.1. The molecule has 0 aliphatic heterocycles. The quantitative estimate of drug-likeness (QED) is 0.143. The van der Waals surface area contributed by atoms with E-state index >= 15 is 0 Å². The summed E-state index contributed by atoms with van der Waals surface area (Å²) in [4.78, 5) is 38.6. The molecule has 0 saturated heterocycles. The topological polar surface area (TPSA) is 121 Å². The lowest BCUT2D eigenvalue weighted by molar-refractivity contribution is -0.380. The normalized spacial score (nSPS) is 16.8. The molecule has 1 atom stereocenters. The van der Waals surface area contributed by atoms with Crippen molar-refractivity contribution in [2.24, 2.45) is 11.8 Å². The highest BCUT2D eigenvalue weighted by Crippen LogP contribution is 2.28. The first-order chi connectivity index (χ1) is 20.4. The maximum absolute atomic E-state index is 13.2. The summed E-state index contributed by atoms with van der Waals surface area (Å²) in [5.74, 6) is 0.638. The summed E-state index contributed by atoms with van der Waals surface area (Å²) in [5.41, 5.74) is 5.70. The van der Waals surface area contributed by atoms with Crippen LogP contribution in [0.15, 0.2) is 53.0 Å². The molecule has 1 saturated carbocycles. The van der Waals surface area contributed by atoms with Gasteiger partial charge in [-0.2, -0.15) is 0 Å². The van der Waals surface area contributed by atoms with E-state index in [1.165, 1.54) is 25.7 Å². The van der Waals surface area contributed by atoms with Crippen molar-refractivity contribution >= 4 is 33.9 Å². The molecule has 0 bridgehead atoms. The first-order valence-corrected chi connectivity index (χ1v) is 16.2. The van der Waals surface area contributed by atoms with Crippen LogP contribution >= 0.6 is 15.9 Å². The molecule has 0 heterocycles. The Bertz CT molecular complexity index is 1130. The number of halogens is 2. The van der Waals surface area contributed by atoms with Crippen molar-refractivity contribution in [1.82, 2.24) is 10.6 Å². The Balaban J connectivity index is 0.00000645. The predicted molar refractivity (Wildman–Crippen MR) is 167 cm³/mol. The molecule has 2 amide bonds. The fourth-order valence-corrected chi connectivity index (χ4v) is 5.66. The first-order valence-electron chi connectivity index (χ1n) is 15.4. The Hall–Kier alpha value is -2.62. The average Bonchev–Trinajstić information content (AvgIpc) is 3.00. The molecule has 43 heavy (non-hydrogen) atoms. The summed E-state index contributed by atoms with van der Waals surface area (Å²) >= 11 is 3.43. The fraction of sp³-hybridized carbons (Fsp3) is 0.545. The van der Waals surface area contributed by atoms with Gasteiger partial charge in [0.25, 0.3) is 0 Å². The van der Waals surface area contributed by atoms with E-state index in [9.17, 15) is 14.4 Å². The number of quaternary nitrogens is 1. The van der Waals surface area contributed by atoms with Crippen LogP contribution in [0, 0.1) is 11.8 Å². The number of amides is 2. The van der Waals surface area contributed by atoms with Crippen LogP contribution < -0.4 is 33.5 Å². The van der Waals surface area contributed by atoms with Crippen LogP contribution in [0.5, 0.6) is 5.75 Å². The number of unbranched alkanes of at least 4 members (excludes halogenated alkanes) is 5. The second kappa shape index (κ2) is 20.4. The smallest absolute Gasteiger partial charge is 0.514 e. The Morgan fingerprint density at radius 1 is 0.953 bits per heavy atom. The molecule has 1 aliphatic carbocycles. The third kappa shape index (κ3) is 13.3. The molecule has 1 fully saturated rings. The van der Waals surface area contributed by atoms with Crippen LogP contribution in [-0.2, 0) is 27.4 Å². The summed E-state index contributed by atoms with van der Waals surface area (Å²) < 4.78 is 11.4. The monoisotopic (exact) mass is 679 g/mol. The van der Waals surface area contributed by atoms with Crippen LogP contribution in [0.1, 0.15) is 82.3 Å². The Morgan fingerprint density at radius 2 is 1.63 bits per heavy atom. The lowest BCUT2D eigenvalue weighted by Gasteiger charge is -2.27. The Kier molecular flexibility index (Phi) is 17.3. The van der Waals surface area contributed by atoms with Gasteiger partial charge in [-0.1, -0.05) is 85.3 Å². The minimum absolute atomic E-state index is 0. The van der Waals surface area contributed by atoms with Gasteiger partial charge in [-0.05, 0) is 55.9 Å². The highest BCUT2D eigenvalue weighted by molar-refractivity contribution is 9.10. The summed E-state index contributed by atoms with van der Waals surface area (Å²) in [6, 6.07) is 13.8. The maximum atomic E-state index is 13.2. The largest absolute Gasteiger partial charge is 1.00 e. The molecule has 10 heteroatoms. The zero-order valence-electron chi connectivity index (χ0n) is 25.3. The number of benzene rings is 2. The van der Waals surface area contributed by atoms with E-state index in [-0.39, 0.29) is 36.7 Å². The second-order valence-corrected chi connectivity index (χ2v) is 12.1. The van der Waals surface area contributed by atoms with Gasteiger partial charge in [-0.3, -0.25) is 9.59 Å². The van der Waals surface area contributed by atoms with Crippen LogP contribution in [0.2, 0.25) is 0 Å². The maximum Gasteiger partial charge on any atom is 0.514 e. The molecular weight excluding hydrogens is 634 g/mol. The standard InChI is InChI=1S/C33H46BrN3O5.ClH/c1-2-3-4-5-6-9-20-36-32(39)30(37-31(38)26-16-12-25(22-35)13-17-26)21-24-14-18-28(19-15-24)42-33(40)41-23-27-10-7-8-11-29(27)34;/h7-8,10-11,14-15,18-19,25-26,30H,2-6,9,12-13,16-17,20-23,35H2,1H3,(H,36,39)(H,37,38);1H/t25?,26?,30-;/m0./s1. The van der Waals surface area contributed by atoms with Gasteiger partial charge in [0.05, 0.1) is 6.54 Å². The average molecular weight is 681 g/mol. The van der Waals surface area contributed by atoms with Crippen molar-refractivity contribution < 1.29 is 42.0 Å². The van der Waals surface area contributed by atoms with Gasteiger partial charge in [-0.25, -0.2) is 4.79 Å². The molecule has 3 rings (SSSR count). The van der Waals surface area contributed by atoms with Crippen molar-refractivity contribution in [3.63, 3.8) is 0 Å². The van der Waals surface area contributed by atoms with Gasteiger partial charge in [0.15, 0.2) is 0 Å². The molecule has 2 aromatic rings. The molecular formula is C33H47BrClN3O5. The number of hydrogen-bond donors (Lipinski definition) is 3. The van der Waals surface area contributed by atoms with Gasteiger partial charge in [0.1, 0.15) is 18.4 Å². The van der Waals surface area contributed by atoms with Crippen molar-refractivity contribution in [2.75, 3.05) is 13.1 Å². The highest BCUT2D eigenvalue weighted by Gasteiger charge is 2.29. The molecule has 0 unspecified atom stereocenters. The van der Waals surface area contributed by atoms with E-state index in [1.807, 2.05) is 24.3 Å². The van der Waals surface area contributed by atoms with Gasteiger partial charge >= 0.3 is 6.16 Å². The first kappa shape index (κ1) is 36.6. The number of rotatable bonds is 16. The van der Waals surface area contributed by atoms with Gasteiger partial charge in [0.2, 0.25) is 11.8 Å². The SMILES string of the molecule is CCCCCCCCNC(=O)[C@H](Cc1ccc(OC(=O)OCc2ccccc2Br)cc1)NC(=O)C1CCC(C[NH3+])CC1.[Cl-]. The third-order valence-electron chi connectivity index (χ3n) is 7.96. The molecule has 8 nitrogen and oxygen atoms in total. The van der Waals surface area contributed by atoms with Crippen molar-refractivity contribution in [1.29, 1.82) is 0 Å². The number of ether oxygens (including phenoxy) is 2. The van der Waals surface area contributed by atoms with Crippen LogP contribution in [0.3, 0.4) is 0 Å². The molecule has 0 radical (unpaired) electrons. The zero-order valence-corrected chi connectivity index (χ0v) is 27.6. The summed E-state index contributed by atoms with van der Waals surface area (Å²) in [7, 11) is 0. The van der Waals surface area contributed by atoms with Crippen molar-refractivity contribution in [2.45, 2.75) is 90.2 Å². The molecule has 0 aromatic heterocycles. The zero-order chi connectivity index (χ0) is 30.2. The number of carbonyl (C=O) groups excluding carboxylic acids is 3. The summed E-state index contributed by atoms with van der Waals surface area (Å²) in [6.45, 7) is 3.79. The minimum atomic E-state index is -0.800. The van der Waals surface area contributed by atoms with Crippen LogP contribution in [0.25, 0.3) is 0 Å². The fourth-order valence-electron chi connectivity index (χ4n) is 5.26. The lowest BCUT2D eigenvalue weighted by Crippen LogP contribution is -3.00. The number of carbonyl (C=O) groups is 3. The molecule has 1 aliphatic rings. The van der Waals surface area contributed by atoms with Gasteiger partial charge in [0, 0.05) is 34.8 Å². The molecule has 2 aromatic carbocycles. The van der Waals surface area contributed by atoms with E-state index in [0.29, 0.717) is 24.6 Å². The highest BCUT2D eigenvalue weighted by atomic mass is 79.9. The van der Waals surface area contributed by atoms with E-state index in [4.69, 9.17) is 9.47 Å². The molecule has 238 valence electrons. The minimum Gasteiger partial charge on any atom is -1.00 e. The lowest BCUT2D eigenvalue weighted by atomic mass is 9.81. The molecule has 5 N–H and O–H groups in total. The Labute approximate surface area is 270 Å². The van der Waals surface area contributed by atoms with Gasteiger partial charge in [-0.15, -0.1) is 0 Å². The van der Waals surface area contributed by atoms with Crippen LogP contribution in [0.4, 0.5) is 4.79 Å². The van der Waals surface area contributed by atoms with E-state index in [0.717, 1.165) is 60.7 Å². The van der Waals surface area contributed by atoms with E-state index in [2.05, 4.69) is 39.2 Å². The van der Waals surface area contributed by atoms with Crippen molar-refractivity contribution in [3.05, 3.63) is 64.1 Å². The Morgan fingerprint density at radius 3 is 2.30 bits per heavy atom.